The molecule has 31 heavy (non-hydrogen) atoms. The average Bonchev–Trinajstić information content (AvgIpc) is 2.76. The van der Waals surface area contributed by atoms with Gasteiger partial charge in [0.1, 0.15) is 0 Å². The Bertz CT molecular complexity index is 1160. The molecule has 0 aliphatic rings. The number of benzene rings is 2. The minimum absolute atomic E-state index is 0.0290. The van der Waals surface area contributed by atoms with E-state index in [1.54, 1.807) is 42.5 Å². The predicted octanol–water partition coefficient (Wildman–Crippen LogP) is 4.67. The van der Waals surface area contributed by atoms with Crippen LogP contribution in [0.4, 0.5) is 0 Å². The molecule has 0 amide bonds. The third-order valence-corrected chi connectivity index (χ3v) is 4.20. The van der Waals surface area contributed by atoms with E-state index in [1.807, 2.05) is 19.1 Å². The third-order valence-electron chi connectivity index (χ3n) is 4.20. The quantitative estimate of drug-likeness (QED) is 0.171. The highest BCUT2D eigenvalue weighted by Gasteiger charge is 2.23. The Morgan fingerprint density at radius 1 is 0.968 bits per heavy atom. The van der Waals surface area contributed by atoms with Gasteiger partial charge in [-0.1, -0.05) is 43.3 Å². The van der Waals surface area contributed by atoms with E-state index in [4.69, 9.17) is 18.6 Å². The molecule has 1 aromatic heterocycles. The topological polar surface area (TPSA) is 92.0 Å². The van der Waals surface area contributed by atoms with Crippen molar-refractivity contribution >= 4 is 22.9 Å². The number of allylic oxidation sites excluding steroid dienone is 1. The molecule has 0 aliphatic heterocycles. The van der Waals surface area contributed by atoms with Crippen LogP contribution in [0.5, 0.6) is 17.2 Å². The van der Waals surface area contributed by atoms with Crippen LogP contribution < -0.4 is 19.8 Å². The molecule has 0 atom stereocenters. The van der Waals surface area contributed by atoms with Crippen molar-refractivity contribution in [3.05, 3.63) is 76.7 Å². The number of carbonyl (C=O) groups is 2. The molecule has 0 fully saturated rings. The second-order valence-corrected chi connectivity index (χ2v) is 6.55. The van der Waals surface area contributed by atoms with Gasteiger partial charge in [0.05, 0.1) is 17.6 Å². The van der Waals surface area contributed by atoms with E-state index >= 15 is 0 Å². The fraction of sp³-hybridized carbons (Fsp3) is 0.208. The summed E-state index contributed by atoms with van der Waals surface area (Å²) in [5.74, 6) is -1.53. The highest BCUT2D eigenvalue weighted by molar-refractivity contribution is 5.94. The molecule has 1 heterocycles. The monoisotopic (exact) mass is 422 g/mol. The Balaban J connectivity index is 2.06. The third kappa shape index (κ3) is 5.39. The summed E-state index contributed by atoms with van der Waals surface area (Å²) in [7, 11) is 0. The average molecular weight is 422 g/mol. The predicted molar refractivity (Wildman–Crippen MR) is 115 cm³/mol. The summed E-state index contributed by atoms with van der Waals surface area (Å²) < 4.78 is 21.7. The summed E-state index contributed by atoms with van der Waals surface area (Å²) in [6.45, 7) is 3.50. The molecule has 0 spiro atoms. The number of ether oxygens (including phenoxy) is 3. The van der Waals surface area contributed by atoms with E-state index in [2.05, 4.69) is 0 Å². The van der Waals surface area contributed by atoms with Gasteiger partial charge in [-0.05, 0) is 37.1 Å². The zero-order valence-electron chi connectivity index (χ0n) is 17.3. The molecule has 7 heteroatoms. The molecule has 0 saturated heterocycles. The minimum atomic E-state index is -0.921. The molecule has 0 radical (unpaired) electrons. The maximum absolute atomic E-state index is 12.7. The van der Waals surface area contributed by atoms with Crippen molar-refractivity contribution < 1.29 is 28.2 Å². The van der Waals surface area contributed by atoms with Gasteiger partial charge in [0.15, 0.2) is 17.1 Å². The lowest BCUT2D eigenvalue weighted by atomic mass is 10.2. The lowest BCUT2D eigenvalue weighted by Gasteiger charge is -2.13. The molecule has 7 nitrogen and oxygen atoms in total. The van der Waals surface area contributed by atoms with E-state index in [0.717, 1.165) is 6.42 Å². The van der Waals surface area contributed by atoms with Crippen LogP contribution in [0, 0.1) is 0 Å². The van der Waals surface area contributed by atoms with Crippen molar-refractivity contribution in [3.63, 3.8) is 0 Å². The zero-order valence-corrected chi connectivity index (χ0v) is 17.3. The van der Waals surface area contributed by atoms with Crippen molar-refractivity contribution in [2.45, 2.75) is 26.7 Å². The molecule has 0 bridgehead atoms. The smallest absolute Gasteiger partial charge is 0.383 e. The van der Waals surface area contributed by atoms with Crippen LogP contribution in [0.2, 0.25) is 0 Å². The van der Waals surface area contributed by atoms with Crippen molar-refractivity contribution in [1.82, 2.24) is 0 Å². The summed E-state index contributed by atoms with van der Waals surface area (Å²) in [5, 5.41) is 0.341. The maximum Gasteiger partial charge on any atom is 0.383 e. The number of hydrogen-bond acceptors (Lipinski definition) is 7. The van der Waals surface area contributed by atoms with Gasteiger partial charge in [-0.15, -0.1) is 0 Å². The number of rotatable bonds is 8. The van der Waals surface area contributed by atoms with Crippen LogP contribution >= 0.6 is 0 Å². The number of fused-ring (bicyclic) bond motifs is 1. The van der Waals surface area contributed by atoms with Gasteiger partial charge in [-0.3, -0.25) is 4.79 Å². The molecule has 0 unspecified atom stereocenters. The SMILES string of the molecule is CCC=CCCOc1c(OC(=O)c2ccccc2)c(=O)oc2c(OC(C)=O)cccc12. The first-order valence-corrected chi connectivity index (χ1v) is 9.84. The van der Waals surface area contributed by atoms with Gasteiger partial charge in [0.25, 0.3) is 5.75 Å². The van der Waals surface area contributed by atoms with E-state index < -0.39 is 17.6 Å². The largest absolute Gasteiger partial charge is 0.488 e. The molecule has 3 rings (SSSR count). The highest BCUT2D eigenvalue weighted by atomic mass is 16.6. The normalized spacial score (nSPS) is 10.9. The van der Waals surface area contributed by atoms with Gasteiger partial charge in [0, 0.05) is 6.92 Å². The second-order valence-electron chi connectivity index (χ2n) is 6.55. The van der Waals surface area contributed by atoms with Crippen molar-refractivity contribution in [3.8, 4) is 17.2 Å². The van der Waals surface area contributed by atoms with Gasteiger partial charge in [-0.2, -0.15) is 0 Å². The molecule has 0 aliphatic carbocycles. The minimum Gasteiger partial charge on any atom is -0.488 e. The Morgan fingerprint density at radius 3 is 2.45 bits per heavy atom. The van der Waals surface area contributed by atoms with Crippen LogP contribution in [0.1, 0.15) is 37.0 Å². The second kappa shape index (κ2) is 10.2. The molecular weight excluding hydrogens is 400 g/mol. The van der Waals surface area contributed by atoms with Gasteiger partial charge in [0.2, 0.25) is 0 Å². The number of esters is 2. The number of hydrogen-bond donors (Lipinski definition) is 0. The van der Waals surface area contributed by atoms with Crippen molar-refractivity contribution in [2.24, 2.45) is 0 Å². The summed E-state index contributed by atoms with van der Waals surface area (Å²) in [6.07, 6.45) is 5.43. The van der Waals surface area contributed by atoms with Crippen molar-refractivity contribution in [2.75, 3.05) is 6.61 Å². The summed E-state index contributed by atoms with van der Waals surface area (Å²) >= 11 is 0. The first kappa shape index (κ1) is 21.8. The lowest BCUT2D eigenvalue weighted by Crippen LogP contribution is -2.16. The first-order chi connectivity index (χ1) is 15.0. The molecule has 0 N–H and O–H groups in total. The van der Waals surface area contributed by atoms with E-state index in [-0.39, 0.29) is 35.0 Å². The Labute approximate surface area is 178 Å². The van der Waals surface area contributed by atoms with E-state index in [1.165, 1.54) is 13.0 Å². The molecule has 2 aromatic carbocycles. The summed E-state index contributed by atoms with van der Waals surface area (Å²) in [5.41, 5.74) is -0.621. The molecule has 160 valence electrons. The fourth-order valence-electron chi connectivity index (χ4n) is 2.86. The summed E-state index contributed by atoms with van der Waals surface area (Å²) in [6, 6.07) is 13.0. The Kier molecular flexibility index (Phi) is 7.22. The van der Waals surface area contributed by atoms with E-state index in [0.29, 0.717) is 11.8 Å². The van der Waals surface area contributed by atoms with Gasteiger partial charge >= 0.3 is 17.6 Å². The van der Waals surface area contributed by atoms with Gasteiger partial charge < -0.3 is 18.6 Å². The molecule has 0 saturated carbocycles. The van der Waals surface area contributed by atoms with Crippen LogP contribution in [0.3, 0.4) is 0 Å². The van der Waals surface area contributed by atoms with Gasteiger partial charge in [-0.25, -0.2) is 9.59 Å². The maximum atomic E-state index is 12.7. The van der Waals surface area contributed by atoms with Crippen molar-refractivity contribution in [1.29, 1.82) is 0 Å². The van der Waals surface area contributed by atoms with E-state index in [9.17, 15) is 14.4 Å². The molecule has 3 aromatic rings. The Morgan fingerprint density at radius 2 is 1.74 bits per heavy atom. The summed E-state index contributed by atoms with van der Waals surface area (Å²) in [4.78, 5) is 36.7. The Hall–Kier alpha value is -3.87. The van der Waals surface area contributed by atoms with Crippen LogP contribution in [0.25, 0.3) is 11.0 Å². The number of carbonyl (C=O) groups excluding carboxylic acids is 2. The first-order valence-electron chi connectivity index (χ1n) is 9.84. The fourth-order valence-corrected chi connectivity index (χ4v) is 2.86. The van der Waals surface area contributed by atoms with Crippen LogP contribution in [-0.2, 0) is 4.79 Å². The molecular formula is C24H22O7. The zero-order chi connectivity index (χ0) is 22.2. The lowest BCUT2D eigenvalue weighted by molar-refractivity contribution is -0.131. The number of para-hydroxylation sites is 1. The standard InChI is InChI=1S/C24H22O7/c1-3-4-5-9-15-28-21-18-13-10-14-19(29-16(2)25)20(18)30-24(27)22(21)31-23(26)17-11-7-6-8-12-17/h4-8,10-14H,3,9,15H2,1-2H3. The van der Waals surface area contributed by atoms with Crippen LogP contribution in [0.15, 0.2) is 69.9 Å². The van der Waals surface area contributed by atoms with Crippen LogP contribution in [-0.4, -0.2) is 18.5 Å². The highest BCUT2D eigenvalue weighted by Crippen LogP contribution is 2.37.